The monoisotopic (exact) mass is 286 g/mol. The van der Waals surface area contributed by atoms with Crippen molar-refractivity contribution in [2.24, 2.45) is 5.73 Å². The number of amides is 1. The fourth-order valence-electron chi connectivity index (χ4n) is 2.20. The molecule has 1 unspecified atom stereocenters. The SMILES string of the molecule is NCC(Cc1ccccc1)NC(=O)Cc1cccc(F)c1. The summed E-state index contributed by atoms with van der Waals surface area (Å²) in [5, 5.41) is 2.90. The lowest BCUT2D eigenvalue weighted by molar-refractivity contribution is -0.121. The zero-order chi connectivity index (χ0) is 15.1. The Hall–Kier alpha value is -2.20. The summed E-state index contributed by atoms with van der Waals surface area (Å²) in [6, 6.07) is 15.8. The van der Waals surface area contributed by atoms with Crippen LogP contribution < -0.4 is 11.1 Å². The van der Waals surface area contributed by atoms with Gasteiger partial charge < -0.3 is 11.1 Å². The standard InChI is InChI=1S/C17H19FN2O/c18-15-8-4-7-14(9-15)11-17(21)20-16(12-19)10-13-5-2-1-3-6-13/h1-9,16H,10-12,19H2,(H,20,21). The van der Waals surface area contributed by atoms with Crippen molar-refractivity contribution in [2.75, 3.05) is 6.54 Å². The van der Waals surface area contributed by atoms with Crippen molar-refractivity contribution in [3.8, 4) is 0 Å². The molecular formula is C17H19FN2O. The highest BCUT2D eigenvalue weighted by molar-refractivity contribution is 5.78. The van der Waals surface area contributed by atoms with Gasteiger partial charge in [-0.05, 0) is 29.7 Å². The molecule has 0 heterocycles. The molecule has 0 aliphatic heterocycles. The summed E-state index contributed by atoms with van der Waals surface area (Å²) in [4.78, 5) is 12.0. The molecule has 110 valence electrons. The molecule has 0 aliphatic carbocycles. The highest BCUT2D eigenvalue weighted by Crippen LogP contribution is 2.06. The summed E-state index contributed by atoms with van der Waals surface area (Å²) >= 11 is 0. The van der Waals surface area contributed by atoms with Crippen LogP contribution in [-0.2, 0) is 17.6 Å². The summed E-state index contributed by atoms with van der Waals surface area (Å²) in [5.41, 5.74) is 7.49. The second-order valence-electron chi connectivity index (χ2n) is 5.00. The average Bonchev–Trinajstić information content (AvgIpc) is 2.47. The minimum Gasteiger partial charge on any atom is -0.351 e. The van der Waals surface area contributed by atoms with Crippen molar-refractivity contribution in [1.82, 2.24) is 5.32 Å². The molecule has 0 fully saturated rings. The molecule has 0 spiro atoms. The van der Waals surface area contributed by atoms with Gasteiger partial charge in [0.05, 0.1) is 6.42 Å². The van der Waals surface area contributed by atoms with Gasteiger partial charge in [-0.3, -0.25) is 4.79 Å². The first-order chi connectivity index (χ1) is 10.2. The summed E-state index contributed by atoms with van der Waals surface area (Å²) in [5.74, 6) is -0.480. The maximum Gasteiger partial charge on any atom is 0.224 e. The van der Waals surface area contributed by atoms with Crippen molar-refractivity contribution in [2.45, 2.75) is 18.9 Å². The Morgan fingerprint density at radius 1 is 1.10 bits per heavy atom. The van der Waals surface area contributed by atoms with Crippen molar-refractivity contribution < 1.29 is 9.18 Å². The molecular weight excluding hydrogens is 267 g/mol. The molecule has 2 aromatic carbocycles. The molecule has 0 radical (unpaired) electrons. The molecule has 21 heavy (non-hydrogen) atoms. The second-order valence-corrected chi connectivity index (χ2v) is 5.00. The molecule has 3 nitrogen and oxygen atoms in total. The maximum absolute atomic E-state index is 13.1. The van der Waals surface area contributed by atoms with Gasteiger partial charge in [-0.15, -0.1) is 0 Å². The minimum absolute atomic E-state index is 0.117. The highest BCUT2D eigenvalue weighted by atomic mass is 19.1. The molecule has 4 heteroatoms. The van der Waals surface area contributed by atoms with Gasteiger partial charge >= 0.3 is 0 Å². The number of hydrogen-bond donors (Lipinski definition) is 2. The first kappa shape index (κ1) is 15.2. The molecule has 0 aromatic heterocycles. The second kappa shape index (κ2) is 7.55. The lowest BCUT2D eigenvalue weighted by atomic mass is 10.1. The summed E-state index contributed by atoms with van der Waals surface area (Å²) in [7, 11) is 0. The van der Waals surface area contributed by atoms with Crippen molar-refractivity contribution in [3.63, 3.8) is 0 Å². The van der Waals surface area contributed by atoms with Gasteiger partial charge in [0.2, 0.25) is 5.91 Å². The normalized spacial score (nSPS) is 11.9. The number of rotatable bonds is 6. The molecule has 0 saturated heterocycles. The largest absolute Gasteiger partial charge is 0.351 e. The number of carbonyl (C=O) groups excluding carboxylic acids is 1. The molecule has 2 aromatic rings. The van der Waals surface area contributed by atoms with Gasteiger partial charge in [0.15, 0.2) is 0 Å². The van der Waals surface area contributed by atoms with E-state index in [4.69, 9.17) is 5.73 Å². The molecule has 0 saturated carbocycles. The van der Waals surface area contributed by atoms with Crippen LogP contribution in [0.3, 0.4) is 0 Å². The Bertz CT molecular complexity index is 586. The van der Waals surface area contributed by atoms with Gasteiger partial charge in [0.25, 0.3) is 0 Å². The van der Waals surface area contributed by atoms with Crippen LogP contribution in [0.5, 0.6) is 0 Å². The van der Waals surface area contributed by atoms with Crippen LogP contribution >= 0.6 is 0 Å². The van der Waals surface area contributed by atoms with E-state index in [1.165, 1.54) is 12.1 Å². The predicted octanol–water partition coefficient (Wildman–Crippen LogP) is 2.05. The predicted molar refractivity (Wildman–Crippen MR) is 81.2 cm³/mol. The number of nitrogens with one attached hydrogen (secondary N) is 1. The highest BCUT2D eigenvalue weighted by Gasteiger charge is 2.12. The number of nitrogens with two attached hydrogens (primary N) is 1. The first-order valence-electron chi connectivity index (χ1n) is 6.95. The molecule has 2 rings (SSSR count). The smallest absolute Gasteiger partial charge is 0.224 e. The fraction of sp³-hybridized carbons (Fsp3) is 0.235. The Kier molecular flexibility index (Phi) is 5.46. The van der Waals surface area contributed by atoms with Crippen molar-refractivity contribution in [1.29, 1.82) is 0 Å². The van der Waals surface area contributed by atoms with E-state index in [0.29, 0.717) is 18.5 Å². The first-order valence-corrected chi connectivity index (χ1v) is 6.95. The van der Waals surface area contributed by atoms with E-state index in [0.717, 1.165) is 5.56 Å². The minimum atomic E-state index is -0.333. The summed E-state index contributed by atoms with van der Waals surface area (Å²) < 4.78 is 13.1. The Labute approximate surface area is 124 Å². The van der Waals surface area contributed by atoms with Crippen molar-refractivity contribution >= 4 is 5.91 Å². The quantitative estimate of drug-likeness (QED) is 0.854. The van der Waals surface area contributed by atoms with Gasteiger partial charge in [-0.1, -0.05) is 42.5 Å². The van der Waals surface area contributed by atoms with E-state index in [1.807, 2.05) is 30.3 Å². The third-order valence-electron chi connectivity index (χ3n) is 3.23. The molecule has 1 amide bonds. The van der Waals surface area contributed by atoms with E-state index in [2.05, 4.69) is 5.32 Å². The van der Waals surface area contributed by atoms with Crippen LogP contribution in [0.25, 0.3) is 0 Å². The number of carbonyl (C=O) groups is 1. The van der Waals surface area contributed by atoms with Crippen LogP contribution in [0.15, 0.2) is 54.6 Å². The summed E-state index contributed by atoms with van der Waals surface area (Å²) in [6.07, 6.45) is 0.843. The Morgan fingerprint density at radius 3 is 2.48 bits per heavy atom. The number of halogens is 1. The third-order valence-corrected chi connectivity index (χ3v) is 3.23. The van der Waals surface area contributed by atoms with Crippen LogP contribution in [0.2, 0.25) is 0 Å². The summed E-state index contributed by atoms with van der Waals surface area (Å²) in [6.45, 7) is 0.365. The van der Waals surface area contributed by atoms with E-state index >= 15 is 0 Å². The Balaban J connectivity index is 1.90. The van der Waals surface area contributed by atoms with E-state index in [-0.39, 0.29) is 24.2 Å². The van der Waals surface area contributed by atoms with Gasteiger partial charge in [0, 0.05) is 12.6 Å². The lowest BCUT2D eigenvalue weighted by Gasteiger charge is -2.17. The molecule has 0 bridgehead atoms. The van der Waals surface area contributed by atoms with Gasteiger partial charge in [-0.2, -0.15) is 0 Å². The molecule has 3 N–H and O–H groups in total. The Morgan fingerprint density at radius 2 is 1.81 bits per heavy atom. The van der Waals surface area contributed by atoms with E-state index in [9.17, 15) is 9.18 Å². The number of hydrogen-bond acceptors (Lipinski definition) is 2. The van der Waals surface area contributed by atoms with E-state index in [1.54, 1.807) is 12.1 Å². The fourth-order valence-corrected chi connectivity index (χ4v) is 2.20. The van der Waals surface area contributed by atoms with E-state index < -0.39 is 0 Å². The van der Waals surface area contributed by atoms with Crippen LogP contribution in [0.1, 0.15) is 11.1 Å². The molecule has 0 aliphatic rings. The zero-order valence-corrected chi connectivity index (χ0v) is 11.8. The average molecular weight is 286 g/mol. The van der Waals surface area contributed by atoms with Gasteiger partial charge in [0.1, 0.15) is 5.82 Å². The van der Waals surface area contributed by atoms with Crippen LogP contribution in [0, 0.1) is 5.82 Å². The van der Waals surface area contributed by atoms with Crippen molar-refractivity contribution in [3.05, 3.63) is 71.5 Å². The maximum atomic E-state index is 13.1. The third kappa shape index (κ3) is 5.00. The van der Waals surface area contributed by atoms with Crippen LogP contribution in [0.4, 0.5) is 4.39 Å². The van der Waals surface area contributed by atoms with Crippen LogP contribution in [-0.4, -0.2) is 18.5 Å². The number of benzene rings is 2. The zero-order valence-electron chi connectivity index (χ0n) is 11.8. The lowest BCUT2D eigenvalue weighted by Crippen LogP contribution is -2.42. The topological polar surface area (TPSA) is 55.1 Å². The molecule has 1 atom stereocenters. The van der Waals surface area contributed by atoms with Gasteiger partial charge in [-0.25, -0.2) is 4.39 Å².